The SMILES string of the molecule is O=C1CCC(c2ccc(F)cc2F)(C2CCN(Cc3ccccc3)CC2)C(=O)N1. The number of rotatable bonds is 4. The van der Waals surface area contributed by atoms with E-state index in [2.05, 4.69) is 22.3 Å². The van der Waals surface area contributed by atoms with Crippen LogP contribution in [0.4, 0.5) is 8.78 Å². The van der Waals surface area contributed by atoms with Crippen LogP contribution in [0, 0.1) is 17.6 Å². The maximum atomic E-state index is 14.8. The van der Waals surface area contributed by atoms with Gasteiger partial charge in [-0.25, -0.2) is 8.78 Å². The Kier molecular flexibility index (Phi) is 5.46. The van der Waals surface area contributed by atoms with Gasteiger partial charge in [-0.15, -0.1) is 0 Å². The van der Waals surface area contributed by atoms with Crippen LogP contribution in [0.3, 0.4) is 0 Å². The van der Waals surface area contributed by atoms with Crippen LogP contribution >= 0.6 is 0 Å². The van der Waals surface area contributed by atoms with Crippen LogP contribution in [0.2, 0.25) is 0 Å². The summed E-state index contributed by atoms with van der Waals surface area (Å²) in [5.74, 6) is -2.30. The van der Waals surface area contributed by atoms with Crippen molar-refractivity contribution in [2.75, 3.05) is 13.1 Å². The lowest BCUT2D eigenvalue weighted by Gasteiger charge is -2.45. The monoisotopic (exact) mass is 398 g/mol. The fourth-order valence-electron chi connectivity index (χ4n) is 4.87. The Morgan fingerprint density at radius 2 is 1.76 bits per heavy atom. The van der Waals surface area contributed by atoms with Gasteiger partial charge < -0.3 is 0 Å². The number of carbonyl (C=O) groups is 2. The molecule has 0 aliphatic carbocycles. The first-order valence-corrected chi connectivity index (χ1v) is 10.0. The molecule has 1 atom stereocenters. The Bertz CT molecular complexity index is 910. The van der Waals surface area contributed by atoms with Crippen LogP contribution in [0.5, 0.6) is 0 Å². The van der Waals surface area contributed by atoms with Gasteiger partial charge in [-0.05, 0) is 49.9 Å². The summed E-state index contributed by atoms with van der Waals surface area (Å²) in [6, 6.07) is 13.6. The molecule has 152 valence electrons. The maximum absolute atomic E-state index is 14.8. The smallest absolute Gasteiger partial charge is 0.237 e. The zero-order valence-electron chi connectivity index (χ0n) is 16.2. The van der Waals surface area contributed by atoms with Crippen molar-refractivity contribution in [3.63, 3.8) is 0 Å². The van der Waals surface area contributed by atoms with E-state index in [1.807, 2.05) is 18.2 Å². The van der Waals surface area contributed by atoms with Crippen LogP contribution < -0.4 is 5.32 Å². The van der Waals surface area contributed by atoms with Crippen LogP contribution in [0.15, 0.2) is 48.5 Å². The van der Waals surface area contributed by atoms with E-state index in [9.17, 15) is 18.4 Å². The summed E-state index contributed by atoms with van der Waals surface area (Å²) in [5, 5.41) is 2.41. The van der Waals surface area contributed by atoms with E-state index in [1.165, 1.54) is 17.7 Å². The second-order valence-corrected chi connectivity index (χ2v) is 8.01. The Balaban J connectivity index is 1.58. The van der Waals surface area contributed by atoms with Crippen molar-refractivity contribution in [2.45, 2.75) is 37.6 Å². The van der Waals surface area contributed by atoms with Crippen LogP contribution in [-0.4, -0.2) is 29.8 Å². The third kappa shape index (κ3) is 3.81. The molecule has 0 aromatic heterocycles. The largest absolute Gasteiger partial charge is 0.299 e. The molecule has 0 saturated carbocycles. The minimum absolute atomic E-state index is 0.109. The van der Waals surface area contributed by atoms with Gasteiger partial charge in [0, 0.05) is 24.6 Å². The molecule has 29 heavy (non-hydrogen) atoms. The van der Waals surface area contributed by atoms with Gasteiger partial charge in [0.15, 0.2) is 0 Å². The molecule has 4 nitrogen and oxygen atoms in total. The summed E-state index contributed by atoms with van der Waals surface area (Å²) in [6.45, 7) is 2.40. The van der Waals surface area contributed by atoms with E-state index >= 15 is 0 Å². The molecule has 6 heteroatoms. The minimum atomic E-state index is -1.13. The fraction of sp³-hybridized carbons (Fsp3) is 0.391. The van der Waals surface area contributed by atoms with Gasteiger partial charge in [-0.3, -0.25) is 19.8 Å². The number of piperidine rings is 2. The van der Waals surface area contributed by atoms with Gasteiger partial charge in [0.05, 0.1) is 5.41 Å². The molecular weight excluding hydrogens is 374 g/mol. The van der Waals surface area contributed by atoms with E-state index in [0.29, 0.717) is 12.8 Å². The molecule has 2 heterocycles. The van der Waals surface area contributed by atoms with Crippen molar-refractivity contribution >= 4 is 11.8 Å². The number of halogens is 2. The predicted molar refractivity (Wildman–Crippen MR) is 105 cm³/mol. The summed E-state index contributed by atoms with van der Waals surface area (Å²) >= 11 is 0. The molecular formula is C23H24F2N2O2. The van der Waals surface area contributed by atoms with Gasteiger partial charge in [0.1, 0.15) is 11.6 Å². The molecule has 2 fully saturated rings. The van der Waals surface area contributed by atoms with Crippen molar-refractivity contribution in [2.24, 2.45) is 5.92 Å². The number of likely N-dealkylation sites (tertiary alicyclic amines) is 1. The van der Waals surface area contributed by atoms with Crippen molar-refractivity contribution in [3.8, 4) is 0 Å². The van der Waals surface area contributed by atoms with Crippen molar-refractivity contribution < 1.29 is 18.4 Å². The standard InChI is InChI=1S/C23H24F2N2O2/c24-18-6-7-19(20(25)14-18)23(11-8-21(28)26-22(23)29)17-9-12-27(13-10-17)15-16-4-2-1-3-5-16/h1-7,14,17H,8-13,15H2,(H,26,28,29). The highest BCUT2D eigenvalue weighted by Crippen LogP contribution is 2.45. The third-order valence-electron chi connectivity index (χ3n) is 6.35. The summed E-state index contributed by atoms with van der Waals surface area (Å²) in [5.41, 5.74) is 0.293. The topological polar surface area (TPSA) is 49.4 Å². The highest BCUT2D eigenvalue weighted by atomic mass is 19.1. The normalized spacial score (nSPS) is 23.8. The second kappa shape index (κ2) is 8.03. The highest BCUT2D eigenvalue weighted by Gasteiger charge is 2.51. The van der Waals surface area contributed by atoms with Gasteiger partial charge in [-0.2, -0.15) is 0 Å². The summed E-state index contributed by atoms with van der Waals surface area (Å²) in [6.07, 6.45) is 1.84. The number of imide groups is 1. The molecule has 2 aliphatic rings. The quantitative estimate of drug-likeness (QED) is 0.802. The average Bonchev–Trinajstić information content (AvgIpc) is 2.71. The van der Waals surface area contributed by atoms with Crippen molar-refractivity contribution in [1.29, 1.82) is 0 Å². The van der Waals surface area contributed by atoms with Crippen LogP contribution in [-0.2, 0) is 21.5 Å². The number of nitrogens with one attached hydrogen (secondary N) is 1. The lowest BCUT2D eigenvalue weighted by Crippen LogP contribution is -2.57. The zero-order chi connectivity index (χ0) is 20.4. The lowest BCUT2D eigenvalue weighted by atomic mass is 9.62. The maximum Gasteiger partial charge on any atom is 0.237 e. The third-order valence-corrected chi connectivity index (χ3v) is 6.35. The molecule has 0 radical (unpaired) electrons. The molecule has 0 bridgehead atoms. The summed E-state index contributed by atoms with van der Waals surface area (Å²) in [4.78, 5) is 27.1. The second-order valence-electron chi connectivity index (χ2n) is 8.01. The zero-order valence-corrected chi connectivity index (χ0v) is 16.2. The number of hydrogen-bond acceptors (Lipinski definition) is 3. The minimum Gasteiger partial charge on any atom is -0.299 e. The molecule has 2 aliphatic heterocycles. The Morgan fingerprint density at radius 1 is 1.03 bits per heavy atom. The number of benzene rings is 2. The Hall–Kier alpha value is -2.60. The Labute approximate surface area is 168 Å². The summed E-state index contributed by atoms with van der Waals surface area (Å²) in [7, 11) is 0. The number of amides is 2. The predicted octanol–water partition coefficient (Wildman–Crippen LogP) is 3.55. The van der Waals surface area contributed by atoms with Crippen molar-refractivity contribution in [1.82, 2.24) is 10.2 Å². The molecule has 0 spiro atoms. The first-order chi connectivity index (χ1) is 14.0. The average molecular weight is 398 g/mol. The molecule has 2 aromatic rings. The Morgan fingerprint density at radius 3 is 2.41 bits per heavy atom. The molecule has 2 amide bonds. The van der Waals surface area contributed by atoms with E-state index in [1.54, 1.807) is 0 Å². The molecule has 2 saturated heterocycles. The van der Waals surface area contributed by atoms with Gasteiger partial charge in [0.2, 0.25) is 11.8 Å². The van der Waals surface area contributed by atoms with Crippen LogP contribution in [0.1, 0.15) is 36.8 Å². The summed E-state index contributed by atoms with van der Waals surface area (Å²) < 4.78 is 28.3. The lowest BCUT2D eigenvalue weighted by molar-refractivity contribution is -0.140. The first-order valence-electron chi connectivity index (χ1n) is 10.0. The van der Waals surface area contributed by atoms with Crippen LogP contribution in [0.25, 0.3) is 0 Å². The van der Waals surface area contributed by atoms with E-state index in [0.717, 1.165) is 25.7 Å². The number of carbonyl (C=O) groups excluding carboxylic acids is 2. The van der Waals surface area contributed by atoms with Gasteiger partial charge >= 0.3 is 0 Å². The fourth-order valence-corrected chi connectivity index (χ4v) is 4.87. The molecule has 1 N–H and O–H groups in total. The highest BCUT2D eigenvalue weighted by molar-refractivity contribution is 6.03. The van der Waals surface area contributed by atoms with Crippen molar-refractivity contribution in [3.05, 3.63) is 71.3 Å². The first kappa shape index (κ1) is 19.7. The van der Waals surface area contributed by atoms with Gasteiger partial charge in [0.25, 0.3) is 0 Å². The number of hydrogen-bond donors (Lipinski definition) is 1. The van der Waals surface area contributed by atoms with E-state index in [-0.39, 0.29) is 30.2 Å². The molecule has 4 rings (SSSR count). The van der Waals surface area contributed by atoms with E-state index < -0.39 is 23.0 Å². The number of nitrogens with zero attached hydrogens (tertiary/aromatic N) is 1. The molecule has 1 unspecified atom stereocenters. The van der Waals surface area contributed by atoms with Gasteiger partial charge in [-0.1, -0.05) is 36.4 Å². The molecule has 2 aromatic carbocycles. The van der Waals surface area contributed by atoms with E-state index in [4.69, 9.17) is 0 Å².